The third kappa shape index (κ3) is 5.80. The largest absolute Gasteiger partial charge is 0.442 e. The number of benzene rings is 1. The lowest BCUT2D eigenvalue weighted by atomic mass is 10.2. The number of aryl methyl sites for hydroxylation is 1. The van der Waals surface area contributed by atoms with Gasteiger partial charge in [0.25, 0.3) is 0 Å². The fourth-order valence-corrected chi connectivity index (χ4v) is 3.76. The molecule has 2 rings (SSSR count). The zero-order chi connectivity index (χ0) is 17.6. The van der Waals surface area contributed by atoms with Crippen LogP contribution in [0.5, 0.6) is 5.75 Å². The molecule has 0 bridgehead atoms. The highest BCUT2D eigenvalue weighted by Crippen LogP contribution is 2.50. The lowest BCUT2D eigenvalue weighted by Crippen LogP contribution is -2.01. The molecule has 2 aromatic rings. The molecule has 0 aliphatic heterocycles. The molecule has 0 spiro atoms. The lowest BCUT2D eigenvalue weighted by Gasteiger charge is -2.14. The predicted molar refractivity (Wildman–Crippen MR) is 89.3 cm³/mol. The minimum atomic E-state index is -4.97. The van der Waals surface area contributed by atoms with Crippen LogP contribution in [-0.2, 0) is 16.7 Å². The number of tetrazole rings is 1. The maximum Gasteiger partial charge on any atom is 0.442 e. The zero-order valence-corrected chi connectivity index (χ0v) is 15.5. The van der Waals surface area contributed by atoms with Crippen molar-refractivity contribution in [2.45, 2.75) is 24.8 Å². The highest BCUT2D eigenvalue weighted by Gasteiger charge is 2.34. The van der Waals surface area contributed by atoms with Gasteiger partial charge >= 0.3 is 13.8 Å². The second-order valence-corrected chi connectivity index (χ2v) is 8.34. The SMILES string of the molecule is O=P(O)(Oc1ccc(CSCCCc2nn[nH]n2)cc1Br)C(F)F. The van der Waals surface area contributed by atoms with Crippen LogP contribution in [0.1, 0.15) is 17.8 Å². The van der Waals surface area contributed by atoms with E-state index in [1.54, 1.807) is 23.9 Å². The monoisotopic (exact) mass is 442 g/mol. The van der Waals surface area contributed by atoms with E-state index in [2.05, 4.69) is 41.1 Å². The molecule has 1 heterocycles. The molecule has 0 fully saturated rings. The number of rotatable bonds is 9. The summed E-state index contributed by atoms with van der Waals surface area (Å²) in [5, 5.41) is 13.6. The minimum absolute atomic E-state index is 0.0908. The van der Waals surface area contributed by atoms with Gasteiger partial charge in [-0.05, 0) is 45.8 Å². The Hall–Kier alpha value is -1.03. The molecule has 132 valence electrons. The van der Waals surface area contributed by atoms with Crippen LogP contribution in [0, 0.1) is 0 Å². The molecule has 0 saturated carbocycles. The molecule has 7 nitrogen and oxygen atoms in total. The quantitative estimate of drug-likeness (QED) is 0.451. The number of hydrogen-bond acceptors (Lipinski definition) is 6. The van der Waals surface area contributed by atoms with E-state index in [-0.39, 0.29) is 5.75 Å². The number of thioether (sulfide) groups is 1. The van der Waals surface area contributed by atoms with Gasteiger partial charge < -0.3 is 9.42 Å². The van der Waals surface area contributed by atoms with Crippen LogP contribution in [0.2, 0.25) is 0 Å². The summed E-state index contributed by atoms with van der Waals surface area (Å²) in [7, 11) is -4.97. The summed E-state index contributed by atoms with van der Waals surface area (Å²) in [5.74, 6) is 2.18. The molecule has 0 aliphatic carbocycles. The topological polar surface area (TPSA) is 101 Å². The van der Waals surface area contributed by atoms with Crippen molar-refractivity contribution >= 4 is 35.3 Å². The van der Waals surface area contributed by atoms with Crippen LogP contribution in [0.15, 0.2) is 22.7 Å². The average molecular weight is 443 g/mol. The first kappa shape index (κ1) is 19.3. The summed E-state index contributed by atoms with van der Waals surface area (Å²) in [4.78, 5) is 9.06. The van der Waals surface area contributed by atoms with Gasteiger partial charge in [-0.15, -0.1) is 10.2 Å². The summed E-state index contributed by atoms with van der Waals surface area (Å²) in [6.07, 6.45) is -1.81. The Morgan fingerprint density at radius 3 is 2.88 bits per heavy atom. The van der Waals surface area contributed by atoms with Crippen LogP contribution in [-0.4, -0.2) is 37.4 Å². The van der Waals surface area contributed by atoms with Crippen molar-refractivity contribution in [3.63, 3.8) is 0 Å². The Kier molecular flexibility index (Phi) is 7.15. The number of halogens is 3. The van der Waals surface area contributed by atoms with Gasteiger partial charge in [-0.3, -0.25) is 0 Å². The van der Waals surface area contributed by atoms with Crippen molar-refractivity contribution in [1.29, 1.82) is 0 Å². The standard InChI is InChI=1S/C12H14BrF2N4O3PS/c13-9-6-8(3-4-10(9)22-23(20,21)12(14)15)7-24-5-1-2-11-16-18-19-17-11/h3-4,6,12H,1-2,5,7H2,(H,20,21)(H,16,17,18,19). The molecule has 1 atom stereocenters. The maximum atomic E-state index is 12.4. The average Bonchev–Trinajstić information content (AvgIpc) is 3.02. The molecule has 1 aromatic heterocycles. The van der Waals surface area contributed by atoms with E-state index in [9.17, 15) is 13.3 Å². The van der Waals surface area contributed by atoms with Crippen molar-refractivity contribution in [2.75, 3.05) is 5.75 Å². The fourth-order valence-electron chi connectivity index (χ4n) is 1.70. The molecule has 12 heteroatoms. The van der Waals surface area contributed by atoms with E-state index in [1.165, 1.54) is 6.07 Å². The highest BCUT2D eigenvalue weighted by molar-refractivity contribution is 9.10. The highest BCUT2D eigenvalue weighted by atomic mass is 79.9. The van der Waals surface area contributed by atoms with E-state index in [4.69, 9.17) is 4.89 Å². The van der Waals surface area contributed by atoms with Crippen LogP contribution in [0.25, 0.3) is 0 Å². The van der Waals surface area contributed by atoms with E-state index in [0.717, 1.165) is 24.2 Å². The molecule has 0 radical (unpaired) electrons. The number of aromatic nitrogens is 4. The number of nitrogens with zero attached hydrogens (tertiary/aromatic N) is 3. The number of alkyl halides is 2. The van der Waals surface area contributed by atoms with Crippen LogP contribution in [0.4, 0.5) is 8.78 Å². The first-order valence-electron chi connectivity index (χ1n) is 6.77. The van der Waals surface area contributed by atoms with Gasteiger partial charge in [0.15, 0.2) is 5.82 Å². The first-order chi connectivity index (χ1) is 11.4. The second kappa shape index (κ2) is 8.89. The van der Waals surface area contributed by atoms with Crippen LogP contribution >= 0.6 is 35.3 Å². The van der Waals surface area contributed by atoms with Gasteiger partial charge in [0.05, 0.1) is 4.47 Å². The third-order valence-corrected chi connectivity index (χ3v) is 5.51. The summed E-state index contributed by atoms with van der Waals surface area (Å²) in [5.41, 5.74) is 0.934. The summed E-state index contributed by atoms with van der Waals surface area (Å²) < 4.78 is 40.8. The predicted octanol–water partition coefficient (Wildman–Crippen LogP) is 3.62. The number of aromatic amines is 1. The first-order valence-corrected chi connectivity index (χ1v) is 10.4. The Bertz CT molecular complexity index is 708. The molecular weight excluding hydrogens is 429 g/mol. The Labute approximate surface area is 149 Å². The van der Waals surface area contributed by atoms with Gasteiger partial charge in [0.1, 0.15) is 5.75 Å². The van der Waals surface area contributed by atoms with Gasteiger partial charge in [-0.2, -0.15) is 25.8 Å². The molecule has 0 saturated heterocycles. The zero-order valence-electron chi connectivity index (χ0n) is 12.2. The molecule has 2 N–H and O–H groups in total. The fraction of sp³-hybridized carbons (Fsp3) is 0.417. The third-order valence-electron chi connectivity index (χ3n) is 2.82. The summed E-state index contributed by atoms with van der Waals surface area (Å²) in [6, 6.07) is 4.73. The van der Waals surface area contributed by atoms with Gasteiger partial charge in [0, 0.05) is 12.2 Å². The maximum absolute atomic E-state index is 12.4. The van der Waals surface area contributed by atoms with E-state index < -0.39 is 13.8 Å². The smallest absolute Gasteiger partial charge is 0.420 e. The molecule has 1 unspecified atom stereocenters. The van der Waals surface area contributed by atoms with Crippen molar-refractivity contribution < 1.29 is 22.8 Å². The second-order valence-electron chi connectivity index (χ2n) is 4.68. The van der Waals surface area contributed by atoms with E-state index in [1.807, 2.05) is 0 Å². The normalized spacial score (nSPS) is 13.9. The molecular formula is C12H14BrF2N4O3PS. The van der Waals surface area contributed by atoms with E-state index in [0.29, 0.717) is 16.0 Å². The van der Waals surface area contributed by atoms with Crippen molar-refractivity contribution in [3.05, 3.63) is 34.1 Å². The Morgan fingerprint density at radius 2 is 2.25 bits per heavy atom. The van der Waals surface area contributed by atoms with Crippen molar-refractivity contribution in [2.24, 2.45) is 0 Å². The Morgan fingerprint density at radius 1 is 1.46 bits per heavy atom. The summed E-state index contributed by atoms with van der Waals surface area (Å²) >= 11 is 4.85. The molecule has 24 heavy (non-hydrogen) atoms. The van der Waals surface area contributed by atoms with Gasteiger partial charge in [-0.1, -0.05) is 11.3 Å². The van der Waals surface area contributed by atoms with Gasteiger partial charge in [-0.25, -0.2) is 4.57 Å². The van der Waals surface area contributed by atoms with Gasteiger partial charge in [0.2, 0.25) is 0 Å². The number of nitrogens with one attached hydrogen (secondary N) is 1. The van der Waals surface area contributed by atoms with Crippen LogP contribution in [0.3, 0.4) is 0 Å². The van der Waals surface area contributed by atoms with Crippen LogP contribution < -0.4 is 4.52 Å². The minimum Gasteiger partial charge on any atom is -0.420 e. The lowest BCUT2D eigenvalue weighted by molar-refractivity contribution is 0.188. The molecule has 1 aromatic carbocycles. The molecule has 0 aliphatic rings. The van der Waals surface area contributed by atoms with E-state index >= 15 is 0 Å². The van der Waals surface area contributed by atoms with Crippen molar-refractivity contribution in [3.8, 4) is 5.75 Å². The number of H-pyrrole nitrogens is 1. The molecule has 0 amide bonds. The summed E-state index contributed by atoms with van der Waals surface area (Å²) in [6.45, 7) is 0. The Balaban J connectivity index is 1.80. The van der Waals surface area contributed by atoms with Crippen molar-refractivity contribution in [1.82, 2.24) is 20.6 Å². The number of hydrogen-bond donors (Lipinski definition) is 2.